The van der Waals surface area contributed by atoms with Gasteiger partial charge in [-0.3, -0.25) is 14.7 Å². The molecule has 6 nitrogen and oxygen atoms in total. The topological polar surface area (TPSA) is 53.7 Å². The maximum Gasteiger partial charge on any atom is 0.168 e. The van der Waals surface area contributed by atoms with Crippen LogP contribution in [0.2, 0.25) is 0 Å². The van der Waals surface area contributed by atoms with Gasteiger partial charge in [0.2, 0.25) is 0 Å². The minimum atomic E-state index is 0.436. The third-order valence-corrected chi connectivity index (χ3v) is 5.99. The van der Waals surface area contributed by atoms with Gasteiger partial charge >= 0.3 is 0 Å². The molecule has 2 aliphatic heterocycles. The van der Waals surface area contributed by atoms with Crippen LogP contribution in [-0.4, -0.2) is 51.7 Å². The summed E-state index contributed by atoms with van der Waals surface area (Å²) in [5, 5.41) is 0. The van der Waals surface area contributed by atoms with Crippen LogP contribution in [0.4, 0.5) is 5.69 Å². The minimum absolute atomic E-state index is 0.436. The third-order valence-electron chi connectivity index (χ3n) is 5.99. The molecule has 2 fully saturated rings. The van der Waals surface area contributed by atoms with Gasteiger partial charge in [-0.2, -0.15) is 0 Å². The normalized spacial score (nSPS) is 18.5. The molecule has 0 bridgehead atoms. The zero-order valence-electron chi connectivity index (χ0n) is 15.7. The van der Waals surface area contributed by atoms with Gasteiger partial charge in [0.05, 0.1) is 11.4 Å². The molecule has 5 heterocycles. The molecule has 2 aliphatic rings. The number of fused-ring (bicyclic) bond motifs is 1. The largest absolute Gasteiger partial charge is 0.369 e. The summed E-state index contributed by atoms with van der Waals surface area (Å²) in [6.45, 7) is 9.58. The summed E-state index contributed by atoms with van der Waals surface area (Å²) < 4.78 is 2.19. The Morgan fingerprint density at radius 2 is 1.93 bits per heavy atom. The molecular formula is C21H23N5O. The summed E-state index contributed by atoms with van der Waals surface area (Å²) in [7, 11) is 0. The van der Waals surface area contributed by atoms with E-state index in [9.17, 15) is 4.79 Å². The number of imidazole rings is 1. The van der Waals surface area contributed by atoms with E-state index in [4.69, 9.17) is 0 Å². The number of nitrogens with zero attached hydrogens (tertiary/aromatic N) is 5. The molecule has 0 radical (unpaired) electrons. The van der Waals surface area contributed by atoms with Gasteiger partial charge in [-0.15, -0.1) is 0 Å². The molecule has 0 unspecified atom stereocenters. The Labute approximate surface area is 158 Å². The number of carbonyl (C=O) groups excluding carboxylic acids is 1. The van der Waals surface area contributed by atoms with Gasteiger partial charge in [-0.25, -0.2) is 4.98 Å². The molecular weight excluding hydrogens is 338 g/mol. The van der Waals surface area contributed by atoms with Crippen LogP contribution in [0.15, 0.2) is 36.7 Å². The molecule has 138 valence electrons. The zero-order valence-corrected chi connectivity index (χ0v) is 15.7. The number of likely N-dealkylation sites (tertiary alicyclic amines) is 1. The van der Waals surface area contributed by atoms with Crippen LogP contribution in [0.1, 0.15) is 27.4 Å². The highest BCUT2D eigenvalue weighted by atomic mass is 16.1. The number of rotatable bonds is 4. The van der Waals surface area contributed by atoms with Gasteiger partial charge in [0, 0.05) is 56.2 Å². The van der Waals surface area contributed by atoms with Crippen molar-refractivity contribution in [3.63, 3.8) is 0 Å². The third kappa shape index (κ3) is 2.72. The number of aryl methyl sites for hydroxylation is 2. The monoisotopic (exact) mass is 361 g/mol. The fourth-order valence-corrected chi connectivity index (χ4v) is 4.47. The second-order valence-electron chi connectivity index (χ2n) is 8.11. The van der Waals surface area contributed by atoms with Crippen molar-refractivity contribution < 1.29 is 4.79 Å². The first-order chi connectivity index (χ1) is 13.0. The number of anilines is 1. The lowest BCUT2D eigenvalue weighted by atomic mass is 9.72. The lowest BCUT2D eigenvalue weighted by Gasteiger charge is -2.61. The van der Waals surface area contributed by atoms with E-state index in [1.165, 1.54) is 16.9 Å². The number of hydrogen-bond donors (Lipinski definition) is 0. The van der Waals surface area contributed by atoms with Crippen LogP contribution >= 0.6 is 0 Å². The van der Waals surface area contributed by atoms with Crippen LogP contribution in [0.3, 0.4) is 0 Å². The van der Waals surface area contributed by atoms with Crippen LogP contribution in [0.25, 0.3) is 5.65 Å². The summed E-state index contributed by atoms with van der Waals surface area (Å²) in [6.07, 6.45) is 4.82. The van der Waals surface area contributed by atoms with E-state index in [0.29, 0.717) is 11.1 Å². The molecule has 1 spiro atoms. The van der Waals surface area contributed by atoms with Gasteiger partial charge < -0.3 is 9.30 Å². The molecule has 6 heteroatoms. The zero-order chi connectivity index (χ0) is 18.6. The SMILES string of the molecule is Cc1nc2ccc(N3CC4(CN(Cc5ccc(C=O)nc5)C4)C3)cn2c1C. The Hall–Kier alpha value is -2.73. The second-order valence-corrected chi connectivity index (χ2v) is 8.11. The van der Waals surface area contributed by atoms with Gasteiger partial charge in [0.1, 0.15) is 11.3 Å². The smallest absolute Gasteiger partial charge is 0.168 e. The first-order valence-electron chi connectivity index (χ1n) is 9.38. The number of aromatic nitrogens is 3. The molecule has 0 aliphatic carbocycles. The number of hydrogen-bond acceptors (Lipinski definition) is 5. The van der Waals surface area contributed by atoms with Crippen LogP contribution in [0, 0.1) is 19.3 Å². The van der Waals surface area contributed by atoms with E-state index >= 15 is 0 Å². The molecule has 0 atom stereocenters. The van der Waals surface area contributed by atoms with Gasteiger partial charge in [0.15, 0.2) is 6.29 Å². The van der Waals surface area contributed by atoms with Crippen molar-refractivity contribution in [2.45, 2.75) is 20.4 Å². The maximum atomic E-state index is 10.7. The predicted octanol–water partition coefficient (Wildman–Crippen LogP) is 2.48. The minimum Gasteiger partial charge on any atom is -0.369 e. The van der Waals surface area contributed by atoms with Crippen molar-refractivity contribution in [2.24, 2.45) is 5.41 Å². The lowest BCUT2D eigenvalue weighted by molar-refractivity contribution is -0.0274. The molecule has 0 aromatic carbocycles. The lowest BCUT2D eigenvalue weighted by Crippen LogP contribution is -2.72. The fraction of sp³-hybridized carbons (Fsp3) is 0.381. The average Bonchev–Trinajstić information content (AvgIpc) is 2.90. The van der Waals surface area contributed by atoms with Crippen molar-refractivity contribution in [3.05, 3.63) is 59.3 Å². The highest BCUT2D eigenvalue weighted by Gasteiger charge is 2.51. The first kappa shape index (κ1) is 16.4. The summed E-state index contributed by atoms with van der Waals surface area (Å²) in [6, 6.07) is 8.09. The Bertz CT molecular complexity index is 1010. The first-order valence-corrected chi connectivity index (χ1v) is 9.38. The molecule has 3 aromatic heterocycles. The van der Waals surface area contributed by atoms with E-state index in [1.54, 1.807) is 6.07 Å². The fourth-order valence-electron chi connectivity index (χ4n) is 4.47. The summed E-state index contributed by atoms with van der Waals surface area (Å²) >= 11 is 0. The quantitative estimate of drug-likeness (QED) is 0.668. The van der Waals surface area contributed by atoms with Crippen molar-refractivity contribution in [3.8, 4) is 0 Å². The predicted molar refractivity (Wildman–Crippen MR) is 104 cm³/mol. The van der Waals surface area contributed by atoms with Crippen molar-refractivity contribution in [1.29, 1.82) is 0 Å². The summed E-state index contributed by atoms with van der Waals surface area (Å²) in [5.74, 6) is 0. The van der Waals surface area contributed by atoms with Gasteiger partial charge in [0.25, 0.3) is 0 Å². The van der Waals surface area contributed by atoms with Crippen molar-refractivity contribution in [2.75, 3.05) is 31.1 Å². The number of carbonyl (C=O) groups is 1. The molecule has 5 rings (SSSR count). The molecule has 0 saturated carbocycles. The van der Waals surface area contributed by atoms with Gasteiger partial charge in [-0.1, -0.05) is 6.07 Å². The van der Waals surface area contributed by atoms with E-state index in [1.807, 2.05) is 12.3 Å². The highest BCUT2D eigenvalue weighted by molar-refractivity contribution is 5.71. The van der Waals surface area contributed by atoms with E-state index in [-0.39, 0.29) is 0 Å². The van der Waals surface area contributed by atoms with Crippen molar-refractivity contribution in [1.82, 2.24) is 19.3 Å². The van der Waals surface area contributed by atoms with Crippen molar-refractivity contribution >= 4 is 17.6 Å². The Kier molecular flexibility index (Phi) is 3.59. The van der Waals surface area contributed by atoms with E-state index in [2.05, 4.69) is 56.3 Å². The van der Waals surface area contributed by atoms with Crippen LogP contribution in [-0.2, 0) is 6.54 Å². The highest BCUT2D eigenvalue weighted by Crippen LogP contribution is 2.42. The van der Waals surface area contributed by atoms with Crippen LogP contribution in [0.5, 0.6) is 0 Å². The van der Waals surface area contributed by atoms with Crippen LogP contribution < -0.4 is 4.90 Å². The molecule has 2 saturated heterocycles. The Morgan fingerprint density at radius 3 is 2.63 bits per heavy atom. The van der Waals surface area contributed by atoms with E-state index < -0.39 is 0 Å². The summed E-state index contributed by atoms with van der Waals surface area (Å²) in [4.78, 5) is 24.4. The number of aldehydes is 1. The van der Waals surface area contributed by atoms with E-state index in [0.717, 1.165) is 50.4 Å². The molecule has 0 amide bonds. The Balaban J connectivity index is 1.20. The molecule has 3 aromatic rings. The Morgan fingerprint density at radius 1 is 1.11 bits per heavy atom. The second kappa shape index (κ2) is 5.89. The van der Waals surface area contributed by atoms with Gasteiger partial charge in [-0.05, 0) is 37.6 Å². The standard InChI is InChI=1S/C21H23N5O/c1-15-16(2)26-9-19(5-6-20(26)23-15)25-13-21(14-25)11-24(12-21)8-17-3-4-18(10-27)22-7-17/h3-7,9-10H,8,11-14H2,1-2H3. The summed E-state index contributed by atoms with van der Waals surface area (Å²) in [5.41, 5.74) is 6.71. The number of pyridine rings is 2. The molecule has 0 N–H and O–H groups in total. The average molecular weight is 361 g/mol. The maximum absolute atomic E-state index is 10.7. The molecule has 27 heavy (non-hydrogen) atoms.